The van der Waals surface area contributed by atoms with Crippen LogP contribution in [0.5, 0.6) is 0 Å². The number of fused-ring (bicyclic) bond motifs is 9. The van der Waals surface area contributed by atoms with E-state index in [0.717, 1.165) is 49.8 Å². The predicted octanol–water partition coefficient (Wildman–Crippen LogP) is 14.0. The van der Waals surface area contributed by atoms with E-state index in [1.807, 2.05) is 23.5 Å². The predicted molar refractivity (Wildman–Crippen MR) is 208 cm³/mol. The molecule has 0 aliphatic carbocycles. The molecule has 0 saturated heterocycles. The van der Waals surface area contributed by atoms with E-state index in [9.17, 15) is 0 Å². The number of hydrogen-bond donors (Lipinski definition) is 0. The van der Waals surface area contributed by atoms with Crippen LogP contribution in [-0.2, 0) is 0 Å². The smallest absolute Gasteiger partial charge is 0.139 e. The van der Waals surface area contributed by atoms with Gasteiger partial charge >= 0.3 is 0 Å². The molecule has 0 unspecified atom stereocenters. The van der Waals surface area contributed by atoms with E-state index in [0.29, 0.717) is 0 Å². The SMILES string of the molecule is c1ccc(-c2cc3c(-c4c5ccccc5c(-c5ccc6sc7ccccc7c6c5)c5ccccc45)c4c(cc3o2)oc2ccccc24)cc1. The summed E-state index contributed by atoms with van der Waals surface area (Å²) in [6, 6.07) is 56.5. The highest BCUT2D eigenvalue weighted by Gasteiger charge is 2.24. The summed E-state index contributed by atoms with van der Waals surface area (Å²) in [4.78, 5) is 0. The van der Waals surface area contributed by atoms with Crippen LogP contribution >= 0.6 is 11.3 Å². The average Bonchev–Trinajstić information content (AvgIpc) is 3.86. The van der Waals surface area contributed by atoms with Crippen molar-refractivity contribution in [2.75, 3.05) is 0 Å². The minimum Gasteiger partial charge on any atom is -0.456 e. The van der Waals surface area contributed by atoms with Gasteiger partial charge in [-0.1, -0.05) is 121 Å². The van der Waals surface area contributed by atoms with Gasteiger partial charge in [-0.2, -0.15) is 0 Å². The molecule has 0 radical (unpaired) electrons. The Balaban J connectivity index is 1.30. The van der Waals surface area contributed by atoms with Gasteiger partial charge in [0, 0.05) is 53.5 Å². The zero-order valence-electron chi connectivity index (χ0n) is 26.2. The van der Waals surface area contributed by atoms with Crippen molar-refractivity contribution < 1.29 is 8.83 Å². The van der Waals surface area contributed by atoms with Crippen LogP contribution in [0.2, 0.25) is 0 Å². The molecule has 49 heavy (non-hydrogen) atoms. The van der Waals surface area contributed by atoms with Crippen molar-refractivity contribution in [1.82, 2.24) is 0 Å². The van der Waals surface area contributed by atoms with E-state index in [2.05, 4.69) is 146 Å². The summed E-state index contributed by atoms with van der Waals surface area (Å²) in [5.74, 6) is 0.843. The molecular weight excluding hydrogens is 617 g/mol. The molecule has 0 spiro atoms. The van der Waals surface area contributed by atoms with Crippen molar-refractivity contribution >= 4 is 86.0 Å². The monoisotopic (exact) mass is 642 g/mol. The first-order valence-corrected chi connectivity index (χ1v) is 17.4. The number of thiophene rings is 1. The zero-order chi connectivity index (χ0) is 32.1. The third-order valence-electron chi connectivity index (χ3n) is 10.1. The molecule has 0 atom stereocenters. The topological polar surface area (TPSA) is 26.3 Å². The van der Waals surface area contributed by atoms with Gasteiger partial charge in [0.05, 0.1) is 0 Å². The standard InChI is InChI=1S/C46H26O2S/c1-2-12-27(13-3-1)38-25-36-39(48-38)26-40-45(34-19-8-10-20-37(34)47-40)46(36)44-32-17-6-4-15-30(32)43(31-16-5-7-18-33(31)44)28-22-23-42-35(24-28)29-14-9-11-21-41(29)49-42/h1-26H. The Morgan fingerprint density at radius 1 is 0.327 bits per heavy atom. The van der Waals surface area contributed by atoms with Gasteiger partial charge in [-0.25, -0.2) is 0 Å². The molecule has 3 heteroatoms. The lowest BCUT2D eigenvalue weighted by atomic mass is 9.83. The molecule has 2 nitrogen and oxygen atoms in total. The molecule has 0 aliphatic heterocycles. The molecule has 228 valence electrons. The first-order valence-electron chi connectivity index (χ1n) is 16.6. The van der Waals surface area contributed by atoms with Crippen LogP contribution in [0.1, 0.15) is 0 Å². The maximum atomic E-state index is 6.65. The lowest BCUT2D eigenvalue weighted by Crippen LogP contribution is -1.92. The zero-order valence-corrected chi connectivity index (χ0v) is 27.1. The third-order valence-corrected chi connectivity index (χ3v) is 11.2. The van der Waals surface area contributed by atoms with Gasteiger partial charge in [0.1, 0.15) is 22.5 Å². The van der Waals surface area contributed by atoms with Gasteiger partial charge < -0.3 is 8.83 Å². The van der Waals surface area contributed by atoms with Gasteiger partial charge in [0.15, 0.2) is 0 Å². The van der Waals surface area contributed by atoms with Crippen molar-refractivity contribution in [2.24, 2.45) is 0 Å². The molecule has 11 rings (SSSR count). The first-order chi connectivity index (χ1) is 24.3. The second kappa shape index (κ2) is 10.2. The van der Waals surface area contributed by atoms with E-state index < -0.39 is 0 Å². The van der Waals surface area contributed by atoms with Crippen molar-refractivity contribution in [2.45, 2.75) is 0 Å². The van der Waals surface area contributed by atoms with Gasteiger partial charge in [-0.05, 0) is 68.6 Å². The highest BCUT2D eigenvalue weighted by atomic mass is 32.1. The summed E-state index contributed by atoms with van der Waals surface area (Å²) in [6.45, 7) is 0. The Labute approximate surface area is 285 Å². The average molecular weight is 643 g/mol. The molecule has 0 aliphatic rings. The minimum atomic E-state index is 0.812. The van der Waals surface area contributed by atoms with E-state index in [1.54, 1.807) is 0 Å². The fraction of sp³-hybridized carbons (Fsp3) is 0. The van der Waals surface area contributed by atoms with Gasteiger partial charge in [-0.3, -0.25) is 0 Å². The van der Waals surface area contributed by atoms with Crippen molar-refractivity contribution in [3.63, 3.8) is 0 Å². The Kier molecular flexibility index (Phi) is 5.57. The highest BCUT2D eigenvalue weighted by Crippen LogP contribution is 2.51. The summed E-state index contributed by atoms with van der Waals surface area (Å²) in [5, 5.41) is 10.7. The molecule has 0 amide bonds. The summed E-state index contributed by atoms with van der Waals surface area (Å²) in [7, 11) is 0. The maximum Gasteiger partial charge on any atom is 0.139 e. The third kappa shape index (κ3) is 3.88. The van der Waals surface area contributed by atoms with E-state index in [1.165, 1.54) is 58.4 Å². The summed E-state index contributed by atoms with van der Waals surface area (Å²) >= 11 is 1.86. The first kappa shape index (κ1) is 26.9. The van der Waals surface area contributed by atoms with Gasteiger partial charge in [0.25, 0.3) is 0 Å². The fourth-order valence-electron chi connectivity index (χ4n) is 7.98. The van der Waals surface area contributed by atoms with E-state index in [4.69, 9.17) is 8.83 Å². The molecular formula is C46H26O2S. The van der Waals surface area contributed by atoms with Crippen LogP contribution in [0.3, 0.4) is 0 Å². The normalized spacial score (nSPS) is 12.1. The molecule has 3 aromatic heterocycles. The Morgan fingerprint density at radius 2 is 0.939 bits per heavy atom. The lowest BCUT2D eigenvalue weighted by molar-refractivity contribution is 0.628. The second-order valence-electron chi connectivity index (χ2n) is 12.8. The number of hydrogen-bond acceptors (Lipinski definition) is 3. The molecule has 3 heterocycles. The molecule has 11 aromatic rings. The van der Waals surface area contributed by atoms with Crippen molar-refractivity contribution in [3.05, 3.63) is 158 Å². The number of para-hydroxylation sites is 1. The summed E-state index contributed by atoms with van der Waals surface area (Å²) in [5.41, 5.74) is 8.37. The van der Waals surface area contributed by atoms with Crippen LogP contribution in [0.4, 0.5) is 0 Å². The highest BCUT2D eigenvalue weighted by molar-refractivity contribution is 7.25. The quantitative estimate of drug-likeness (QED) is 0.179. The van der Waals surface area contributed by atoms with E-state index in [-0.39, 0.29) is 0 Å². The van der Waals surface area contributed by atoms with Crippen molar-refractivity contribution in [3.8, 4) is 33.6 Å². The summed E-state index contributed by atoms with van der Waals surface area (Å²) in [6.07, 6.45) is 0. The van der Waals surface area contributed by atoms with Crippen LogP contribution in [-0.4, -0.2) is 0 Å². The van der Waals surface area contributed by atoms with Gasteiger partial charge in [-0.15, -0.1) is 11.3 Å². The maximum absolute atomic E-state index is 6.65. The summed E-state index contributed by atoms with van der Waals surface area (Å²) < 4.78 is 15.8. The fourth-order valence-corrected chi connectivity index (χ4v) is 9.07. The van der Waals surface area contributed by atoms with Crippen LogP contribution in [0.25, 0.3) is 108 Å². The molecule has 0 saturated carbocycles. The number of furan rings is 2. The second-order valence-corrected chi connectivity index (χ2v) is 13.8. The number of rotatable bonds is 3. The van der Waals surface area contributed by atoms with Crippen LogP contribution in [0.15, 0.2) is 167 Å². The van der Waals surface area contributed by atoms with Crippen molar-refractivity contribution in [1.29, 1.82) is 0 Å². The minimum absolute atomic E-state index is 0.812. The molecule has 0 N–H and O–H groups in total. The van der Waals surface area contributed by atoms with Crippen LogP contribution < -0.4 is 0 Å². The molecule has 8 aromatic carbocycles. The largest absolute Gasteiger partial charge is 0.456 e. The Hall–Kier alpha value is -6.16. The Morgan fingerprint density at radius 3 is 1.69 bits per heavy atom. The van der Waals surface area contributed by atoms with Gasteiger partial charge in [0.2, 0.25) is 0 Å². The Bertz CT molecular complexity index is 3050. The van der Waals surface area contributed by atoms with Crippen LogP contribution in [0, 0.1) is 0 Å². The molecule has 0 bridgehead atoms. The van der Waals surface area contributed by atoms with E-state index >= 15 is 0 Å². The number of benzene rings is 8. The molecule has 0 fully saturated rings. The lowest BCUT2D eigenvalue weighted by Gasteiger charge is -2.19.